The Balaban J connectivity index is 2.03. The summed E-state index contributed by atoms with van der Waals surface area (Å²) < 4.78 is 19.2. The molecule has 0 aliphatic rings. The van der Waals surface area contributed by atoms with Crippen molar-refractivity contribution in [1.29, 1.82) is 0 Å². The highest BCUT2D eigenvalue weighted by molar-refractivity contribution is 9.10. The third-order valence-electron chi connectivity index (χ3n) is 2.70. The molecule has 0 aliphatic carbocycles. The molecule has 0 spiro atoms. The summed E-state index contributed by atoms with van der Waals surface area (Å²) in [5.41, 5.74) is 1.26. The first-order chi connectivity index (χ1) is 10.1. The smallest absolute Gasteiger partial charge is 0.248 e. The predicted octanol–water partition coefficient (Wildman–Crippen LogP) is 4.25. The maximum absolute atomic E-state index is 13.5. The first kappa shape index (κ1) is 15.3. The molecule has 3 nitrogen and oxygen atoms in total. The van der Waals surface area contributed by atoms with Crippen LogP contribution in [0.25, 0.3) is 6.08 Å². The first-order valence-corrected chi connectivity index (χ1v) is 6.96. The third-order valence-corrected chi connectivity index (χ3v) is 3.19. The molecule has 2 aromatic carbocycles. The van der Waals surface area contributed by atoms with Crippen LogP contribution in [0.4, 0.5) is 10.1 Å². The van der Waals surface area contributed by atoms with Crippen molar-refractivity contribution in [2.45, 2.75) is 0 Å². The Labute approximate surface area is 130 Å². The van der Waals surface area contributed by atoms with Crippen LogP contribution in [0.3, 0.4) is 0 Å². The highest BCUT2D eigenvalue weighted by atomic mass is 79.9. The topological polar surface area (TPSA) is 38.3 Å². The number of nitrogens with one attached hydrogen (secondary N) is 1. The minimum absolute atomic E-state index is 0.172. The Morgan fingerprint density at radius 1 is 1.29 bits per heavy atom. The van der Waals surface area contributed by atoms with Crippen molar-refractivity contribution in [3.05, 3.63) is 64.4 Å². The second kappa shape index (κ2) is 7.04. The second-order valence-corrected chi connectivity index (χ2v) is 5.14. The van der Waals surface area contributed by atoms with Crippen molar-refractivity contribution in [3.63, 3.8) is 0 Å². The van der Waals surface area contributed by atoms with Crippen LogP contribution in [0.1, 0.15) is 5.56 Å². The Morgan fingerprint density at radius 3 is 2.76 bits per heavy atom. The van der Waals surface area contributed by atoms with Crippen molar-refractivity contribution in [2.75, 3.05) is 12.4 Å². The van der Waals surface area contributed by atoms with Crippen LogP contribution in [0.2, 0.25) is 0 Å². The van der Waals surface area contributed by atoms with Crippen molar-refractivity contribution in [3.8, 4) is 5.75 Å². The number of rotatable bonds is 4. The molecule has 108 valence electrons. The Kier molecular flexibility index (Phi) is 5.11. The first-order valence-electron chi connectivity index (χ1n) is 6.16. The van der Waals surface area contributed by atoms with Crippen molar-refractivity contribution < 1.29 is 13.9 Å². The number of carbonyl (C=O) groups excluding carboxylic acids is 1. The van der Waals surface area contributed by atoms with E-state index in [9.17, 15) is 9.18 Å². The van der Waals surface area contributed by atoms with Gasteiger partial charge >= 0.3 is 0 Å². The zero-order valence-corrected chi connectivity index (χ0v) is 12.9. The number of amides is 1. The molecule has 0 aromatic heterocycles. The highest BCUT2D eigenvalue weighted by Crippen LogP contribution is 2.19. The van der Waals surface area contributed by atoms with E-state index in [1.807, 2.05) is 12.1 Å². The molecule has 0 aliphatic heterocycles. The van der Waals surface area contributed by atoms with Crippen LogP contribution >= 0.6 is 15.9 Å². The summed E-state index contributed by atoms with van der Waals surface area (Å²) >= 11 is 3.33. The van der Waals surface area contributed by atoms with Gasteiger partial charge in [0.05, 0.1) is 7.11 Å². The van der Waals surface area contributed by atoms with E-state index in [1.54, 1.807) is 18.2 Å². The minimum Gasteiger partial charge on any atom is -0.494 e. The lowest BCUT2D eigenvalue weighted by atomic mass is 10.2. The molecule has 2 rings (SSSR count). The van der Waals surface area contributed by atoms with E-state index in [1.165, 1.54) is 31.4 Å². The molecule has 0 saturated heterocycles. The molecule has 1 amide bonds. The fraction of sp³-hybridized carbons (Fsp3) is 0.0625. The van der Waals surface area contributed by atoms with E-state index in [-0.39, 0.29) is 11.7 Å². The van der Waals surface area contributed by atoms with Gasteiger partial charge in [-0.05, 0) is 42.0 Å². The summed E-state index contributed by atoms with van der Waals surface area (Å²) in [6, 6.07) is 11.8. The Hall–Kier alpha value is -2.14. The standard InChI is InChI=1S/C16H13BrFNO2/c1-21-15-7-5-11(9-14(15)18)6-8-16(20)19-13-4-2-3-12(17)10-13/h2-10H,1H3,(H,19,20)/b8-6+. The lowest BCUT2D eigenvalue weighted by Crippen LogP contribution is -2.07. The number of halogens is 2. The SMILES string of the molecule is COc1ccc(/C=C/C(=O)Nc2cccc(Br)c2)cc1F. The van der Waals surface area contributed by atoms with Gasteiger partial charge in [0, 0.05) is 16.2 Å². The van der Waals surface area contributed by atoms with Crippen LogP contribution in [0.5, 0.6) is 5.75 Å². The quantitative estimate of drug-likeness (QED) is 0.838. The Morgan fingerprint density at radius 2 is 2.10 bits per heavy atom. The number of methoxy groups -OCH3 is 1. The van der Waals surface area contributed by atoms with Crippen molar-refractivity contribution >= 4 is 33.6 Å². The molecule has 0 fully saturated rings. The summed E-state index contributed by atoms with van der Waals surface area (Å²) in [5, 5.41) is 2.72. The number of anilines is 1. The van der Waals surface area contributed by atoms with Gasteiger partial charge in [0.15, 0.2) is 11.6 Å². The van der Waals surface area contributed by atoms with Gasteiger partial charge in [-0.3, -0.25) is 4.79 Å². The van der Waals surface area contributed by atoms with Crippen LogP contribution in [-0.4, -0.2) is 13.0 Å². The largest absolute Gasteiger partial charge is 0.494 e. The van der Waals surface area contributed by atoms with Gasteiger partial charge in [0.1, 0.15) is 0 Å². The van der Waals surface area contributed by atoms with Crippen LogP contribution in [-0.2, 0) is 4.79 Å². The fourth-order valence-corrected chi connectivity index (χ4v) is 2.11. The van der Waals surface area contributed by atoms with Crippen LogP contribution < -0.4 is 10.1 Å². The normalized spacial score (nSPS) is 10.6. The van der Waals surface area contributed by atoms with E-state index < -0.39 is 5.82 Å². The lowest BCUT2D eigenvalue weighted by Gasteiger charge is -2.03. The zero-order chi connectivity index (χ0) is 15.2. The molecule has 0 radical (unpaired) electrons. The van der Waals surface area contributed by atoms with Gasteiger partial charge in [-0.1, -0.05) is 28.1 Å². The predicted molar refractivity (Wildman–Crippen MR) is 84.8 cm³/mol. The number of hydrogen-bond donors (Lipinski definition) is 1. The number of benzene rings is 2. The molecule has 0 unspecified atom stereocenters. The lowest BCUT2D eigenvalue weighted by molar-refractivity contribution is -0.111. The van der Waals surface area contributed by atoms with Crippen LogP contribution in [0.15, 0.2) is 53.0 Å². The second-order valence-electron chi connectivity index (χ2n) is 4.23. The summed E-state index contributed by atoms with van der Waals surface area (Å²) in [6.45, 7) is 0. The molecule has 0 bridgehead atoms. The molecule has 0 heterocycles. The Bertz CT molecular complexity index is 686. The maximum Gasteiger partial charge on any atom is 0.248 e. The summed E-state index contributed by atoms with van der Waals surface area (Å²) in [7, 11) is 1.40. The van der Waals surface area contributed by atoms with Gasteiger partial charge in [0.25, 0.3) is 0 Å². The van der Waals surface area contributed by atoms with E-state index in [4.69, 9.17) is 4.74 Å². The summed E-state index contributed by atoms with van der Waals surface area (Å²) in [6.07, 6.45) is 2.89. The van der Waals surface area contributed by atoms with Gasteiger partial charge in [-0.2, -0.15) is 0 Å². The minimum atomic E-state index is -0.466. The van der Waals surface area contributed by atoms with E-state index in [0.717, 1.165) is 4.47 Å². The van der Waals surface area contributed by atoms with Gasteiger partial charge in [-0.15, -0.1) is 0 Å². The van der Waals surface area contributed by atoms with Crippen molar-refractivity contribution in [1.82, 2.24) is 0 Å². The van der Waals surface area contributed by atoms with Crippen LogP contribution in [0, 0.1) is 5.82 Å². The zero-order valence-electron chi connectivity index (χ0n) is 11.3. The molecular weight excluding hydrogens is 337 g/mol. The molecule has 21 heavy (non-hydrogen) atoms. The fourth-order valence-electron chi connectivity index (χ4n) is 1.71. The van der Waals surface area contributed by atoms with Gasteiger partial charge < -0.3 is 10.1 Å². The highest BCUT2D eigenvalue weighted by Gasteiger charge is 2.02. The molecule has 0 atom stereocenters. The van der Waals surface area contributed by atoms with Gasteiger partial charge in [0.2, 0.25) is 5.91 Å². The number of hydrogen-bond acceptors (Lipinski definition) is 2. The summed E-state index contributed by atoms with van der Waals surface area (Å²) in [5.74, 6) is -0.581. The maximum atomic E-state index is 13.5. The number of carbonyl (C=O) groups is 1. The van der Waals surface area contributed by atoms with Gasteiger partial charge in [-0.25, -0.2) is 4.39 Å². The molecule has 2 aromatic rings. The third kappa shape index (κ3) is 4.43. The average Bonchev–Trinajstić information content (AvgIpc) is 2.45. The molecule has 0 saturated carbocycles. The van der Waals surface area contributed by atoms with Crippen molar-refractivity contribution in [2.24, 2.45) is 0 Å². The van der Waals surface area contributed by atoms with E-state index in [2.05, 4.69) is 21.2 Å². The van der Waals surface area contributed by atoms with E-state index in [0.29, 0.717) is 11.3 Å². The monoisotopic (exact) mass is 349 g/mol. The molecule has 5 heteroatoms. The average molecular weight is 350 g/mol. The van der Waals surface area contributed by atoms with E-state index >= 15 is 0 Å². The molecule has 1 N–H and O–H groups in total. The summed E-state index contributed by atoms with van der Waals surface area (Å²) in [4.78, 5) is 11.8. The number of ether oxygens (including phenoxy) is 1. The molecular formula is C16H13BrFNO2.